The molecule has 2 aliphatic rings. The van der Waals surface area contributed by atoms with E-state index in [4.69, 9.17) is 0 Å². The highest BCUT2D eigenvalue weighted by molar-refractivity contribution is 14.0. The van der Waals surface area contributed by atoms with Gasteiger partial charge in [-0.2, -0.15) is 0 Å². The first-order chi connectivity index (χ1) is 9.90. The fraction of sp³-hybridized carbons (Fsp3) is 0.562. The van der Waals surface area contributed by atoms with Crippen LogP contribution in [0.3, 0.4) is 0 Å². The van der Waals surface area contributed by atoms with Crippen LogP contribution in [0.5, 0.6) is 0 Å². The number of guanidine groups is 1. The molecule has 0 atom stereocenters. The van der Waals surface area contributed by atoms with Crippen LogP contribution in [0, 0.1) is 0 Å². The minimum absolute atomic E-state index is 0. The largest absolute Gasteiger partial charge is 0.356 e. The molecule has 1 fully saturated rings. The average molecular weight is 400 g/mol. The maximum atomic E-state index is 4.42. The van der Waals surface area contributed by atoms with E-state index in [9.17, 15) is 0 Å². The van der Waals surface area contributed by atoms with Gasteiger partial charge in [-0.05, 0) is 43.5 Å². The van der Waals surface area contributed by atoms with E-state index >= 15 is 0 Å². The molecule has 0 aromatic heterocycles. The Balaban J connectivity index is 0.00000161. The molecule has 0 saturated carbocycles. The monoisotopic (exact) mass is 400 g/mol. The molecule has 3 rings (SSSR count). The summed E-state index contributed by atoms with van der Waals surface area (Å²) >= 11 is 0. The fourth-order valence-electron chi connectivity index (χ4n) is 2.80. The maximum absolute atomic E-state index is 4.42. The van der Waals surface area contributed by atoms with Gasteiger partial charge < -0.3 is 10.6 Å². The second-order valence-electron chi connectivity index (χ2n) is 5.66. The number of aliphatic imine (C=N–C) groups is 1. The molecule has 2 heterocycles. The van der Waals surface area contributed by atoms with Gasteiger partial charge >= 0.3 is 0 Å². The molecule has 0 aliphatic carbocycles. The number of likely N-dealkylation sites (tertiary alicyclic amines) is 1. The highest BCUT2D eigenvalue weighted by Gasteiger charge is 2.11. The van der Waals surface area contributed by atoms with E-state index in [0.717, 1.165) is 38.6 Å². The van der Waals surface area contributed by atoms with Crippen LogP contribution in [-0.2, 0) is 13.1 Å². The lowest BCUT2D eigenvalue weighted by molar-refractivity contribution is 0.331. The maximum Gasteiger partial charge on any atom is 0.191 e. The van der Waals surface area contributed by atoms with Crippen LogP contribution in [0.15, 0.2) is 29.3 Å². The molecule has 1 saturated heterocycles. The SMILES string of the molecule is I.c1cc(CN2CCCC2)ccc1CNC1=NCCCN1. The lowest BCUT2D eigenvalue weighted by Gasteiger charge is -2.17. The van der Waals surface area contributed by atoms with Crippen molar-refractivity contribution in [3.8, 4) is 0 Å². The van der Waals surface area contributed by atoms with Crippen molar-refractivity contribution in [3.05, 3.63) is 35.4 Å². The van der Waals surface area contributed by atoms with E-state index < -0.39 is 0 Å². The Morgan fingerprint density at radius 2 is 1.76 bits per heavy atom. The van der Waals surface area contributed by atoms with Crippen LogP contribution in [0.2, 0.25) is 0 Å². The number of rotatable bonds is 4. The third-order valence-corrected chi connectivity index (χ3v) is 3.99. The fourth-order valence-corrected chi connectivity index (χ4v) is 2.80. The zero-order valence-corrected chi connectivity index (χ0v) is 14.8. The van der Waals surface area contributed by atoms with Crippen molar-refractivity contribution in [2.24, 2.45) is 4.99 Å². The Kier molecular flexibility index (Phi) is 6.76. The molecule has 116 valence electrons. The molecule has 21 heavy (non-hydrogen) atoms. The smallest absolute Gasteiger partial charge is 0.191 e. The van der Waals surface area contributed by atoms with Gasteiger partial charge in [0, 0.05) is 26.2 Å². The minimum Gasteiger partial charge on any atom is -0.356 e. The zero-order chi connectivity index (χ0) is 13.6. The summed E-state index contributed by atoms with van der Waals surface area (Å²) < 4.78 is 0. The molecule has 0 bridgehead atoms. The summed E-state index contributed by atoms with van der Waals surface area (Å²) in [5.74, 6) is 0.942. The van der Waals surface area contributed by atoms with Gasteiger partial charge in [-0.1, -0.05) is 24.3 Å². The molecule has 0 unspecified atom stereocenters. The summed E-state index contributed by atoms with van der Waals surface area (Å²) in [6.45, 7) is 6.42. The molecule has 1 aromatic rings. The number of benzene rings is 1. The van der Waals surface area contributed by atoms with Gasteiger partial charge in [0.2, 0.25) is 0 Å². The van der Waals surface area contributed by atoms with E-state index in [1.54, 1.807) is 0 Å². The van der Waals surface area contributed by atoms with Gasteiger partial charge in [0.1, 0.15) is 0 Å². The molecular weight excluding hydrogens is 375 g/mol. The first-order valence-electron chi connectivity index (χ1n) is 7.72. The van der Waals surface area contributed by atoms with Crippen LogP contribution in [-0.4, -0.2) is 37.0 Å². The van der Waals surface area contributed by atoms with Gasteiger partial charge in [0.15, 0.2) is 5.96 Å². The Labute approximate surface area is 144 Å². The van der Waals surface area contributed by atoms with Crippen molar-refractivity contribution in [2.75, 3.05) is 26.2 Å². The van der Waals surface area contributed by atoms with Crippen molar-refractivity contribution in [3.63, 3.8) is 0 Å². The van der Waals surface area contributed by atoms with Gasteiger partial charge in [-0.25, -0.2) is 0 Å². The summed E-state index contributed by atoms with van der Waals surface area (Å²) in [5.41, 5.74) is 2.73. The zero-order valence-electron chi connectivity index (χ0n) is 12.5. The lowest BCUT2D eigenvalue weighted by Crippen LogP contribution is -2.40. The van der Waals surface area contributed by atoms with Gasteiger partial charge in [-0.15, -0.1) is 24.0 Å². The van der Waals surface area contributed by atoms with Gasteiger partial charge in [-0.3, -0.25) is 9.89 Å². The number of nitrogens with zero attached hydrogens (tertiary/aromatic N) is 2. The lowest BCUT2D eigenvalue weighted by atomic mass is 10.1. The molecule has 0 spiro atoms. The highest BCUT2D eigenvalue weighted by atomic mass is 127. The summed E-state index contributed by atoms with van der Waals surface area (Å²) in [6, 6.07) is 8.96. The normalized spacial score (nSPS) is 18.6. The number of hydrogen-bond donors (Lipinski definition) is 2. The topological polar surface area (TPSA) is 39.7 Å². The first kappa shape index (κ1) is 16.5. The predicted octanol–water partition coefficient (Wildman–Crippen LogP) is 2.34. The van der Waals surface area contributed by atoms with E-state index in [-0.39, 0.29) is 24.0 Å². The van der Waals surface area contributed by atoms with Crippen molar-refractivity contribution >= 4 is 29.9 Å². The Bertz CT molecular complexity index is 452. The number of halogens is 1. The van der Waals surface area contributed by atoms with E-state index in [1.807, 2.05) is 0 Å². The molecule has 2 N–H and O–H groups in total. The minimum atomic E-state index is 0. The van der Waals surface area contributed by atoms with Crippen LogP contribution in [0.25, 0.3) is 0 Å². The molecule has 0 radical (unpaired) electrons. The van der Waals surface area contributed by atoms with E-state index in [0.29, 0.717) is 0 Å². The van der Waals surface area contributed by atoms with Crippen LogP contribution < -0.4 is 10.6 Å². The Morgan fingerprint density at radius 3 is 2.43 bits per heavy atom. The Morgan fingerprint density at radius 1 is 1.05 bits per heavy atom. The van der Waals surface area contributed by atoms with Crippen LogP contribution in [0.4, 0.5) is 0 Å². The standard InChI is InChI=1S/C16H24N4.HI/c1-2-11-20(10-1)13-15-6-4-14(5-7-15)12-19-16-17-8-3-9-18-16;/h4-7H,1-3,8-13H2,(H2,17,18,19);1H. The van der Waals surface area contributed by atoms with Gasteiger partial charge in [0.05, 0.1) is 0 Å². The van der Waals surface area contributed by atoms with Crippen molar-refractivity contribution in [2.45, 2.75) is 32.4 Å². The van der Waals surface area contributed by atoms with E-state index in [2.05, 4.69) is 44.8 Å². The molecule has 4 nitrogen and oxygen atoms in total. The first-order valence-corrected chi connectivity index (χ1v) is 7.72. The molecule has 0 amide bonds. The third-order valence-electron chi connectivity index (χ3n) is 3.99. The van der Waals surface area contributed by atoms with Crippen molar-refractivity contribution < 1.29 is 0 Å². The number of hydrogen-bond acceptors (Lipinski definition) is 4. The second kappa shape index (κ2) is 8.58. The Hall–Kier alpha value is -0.820. The van der Waals surface area contributed by atoms with Gasteiger partial charge in [0.25, 0.3) is 0 Å². The quantitative estimate of drug-likeness (QED) is 0.763. The number of nitrogens with one attached hydrogen (secondary N) is 2. The second-order valence-corrected chi connectivity index (χ2v) is 5.66. The third kappa shape index (κ3) is 5.14. The van der Waals surface area contributed by atoms with E-state index in [1.165, 1.54) is 37.1 Å². The summed E-state index contributed by atoms with van der Waals surface area (Å²) in [6.07, 6.45) is 3.85. The predicted molar refractivity (Wildman–Crippen MR) is 98.1 cm³/mol. The molecule has 2 aliphatic heterocycles. The average Bonchev–Trinajstić information content (AvgIpc) is 3.01. The summed E-state index contributed by atoms with van der Waals surface area (Å²) in [7, 11) is 0. The summed E-state index contributed by atoms with van der Waals surface area (Å²) in [4.78, 5) is 6.95. The molecule has 1 aromatic carbocycles. The van der Waals surface area contributed by atoms with Crippen molar-refractivity contribution in [1.29, 1.82) is 0 Å². The molecule has 5 heteroatoms. The molecular formula is C16H25IN4. The van der Waals surface area contributed by atoms with Crippen LogP contribution >= 0.6 is 24.0 Å². The van der Waals surface area contributed by atoms with Crippen LogP contribution in [0.1, 0.15) is 30.4 Å². The van der Waals surface area contributed by atoms with Crippen molar-refractivity contribution in [1.82, 2.24) is 15.5 Å². The highest BCUT2D eigenvalue weighted by Crippen LogP contribution is 2.13. The summed E-state index contributed by atoms with van der Waals surface area (Å²) in [5, 5.41) is 6.64.